The van der Waals surface area contributed by atoms with E-state index in [1.54, 1.807) is 19.5 Å². The van der Waals surface area contributed by atoms with Gasteiger partial charge in [-0.15, -0.1) is 0 Å². The first-order valence-electron chi connectivity index (χ1n) is 4.22. The molecule has 0 saturated carbocycles. The highest BCUT2D eigenvalue weighted by Gasteiger charge is 2.26. The van der Waals surface area contributed by atoms with E-state index in [1.807, 2.05) is 20.8 Å². The lowest BCUT2D eigenvalue weighted by Gasteiger charge is -2.23. The van der Waals surface area contributed by atoms with Gasteiger partial charge < -0.3 is 9.31 Å². The molecule has 0 aliphatic carbocycles. The molecule has 4 nitrogen and oxygen atoms in total. The summed E-state index contributed by atoms with van der Waals surface area (Å²) >= 11 is 0. The molecule has 1 heterocycles. The van der Waals surface area contributed by atoms with Crippen LogP contribution in [0.5, 0.6) is 0 Å². The van der Waals surface area contributed by atoms with Crippen molar-refractivity contribution in [2.24, 2.45) is 0 Å². The molecule has 0 aromatic carbocycles. The fourth-order valence-corrected chi connectivity index (χ4v) is 0.963. The minimum Gasteiger partial charge on any atom is -0.410 e. The van der Waals surface area contributed by atoms with Crippen LogP contribution in [-0.4, -0.2) is 30.0 Å². The summed E-state index contributed by atoms with van der Waals surface area (Å²) in [6.45, 7) is 5.96. The van der Waals surface area contributed by atoms with E-state index in [2.05, 4.69) is 10.2 Å². The van der Waals surface area contributed by atoms with Crippen molar-refractivity contribution >= 4 is 12.6 Å². The monoisotopic (exact) mass is 182 g/mol. The number of hydrogen-bond donors (Lipinski definition) is 1. The molecular formula is C8H15BN2O2. The predicted molar refractivity (Wildman–Crippen MR) is 51.8 cm³/mol. The number of nitrogens with one attached hydrogen (secondary N) is 1. The highest BCUT2D eigenvalue weighted by molar-refractivity contribution is 6.61. The first-order chi connectivity index (χ1) is 6.03. The molecular weight excluding hydrogens is 167 g/mol. The molecule has 0 atom stereocenters. The third-order valence-corrected chi connectivity index (χ3v) is 1.47. The SMILES string of the molecule is COB(OC(C)(C)C)c1cn[nH]c1. The quantitative estimate of drug-likeness (QED) is 0.695. The van der Waals surface area contributed by atoms with Crippen LogP contribution in [0.15, 0.2) is 12.4 Å². The lowest BCUT2D eigenvalue weighted by molar-refractivity contribution is 0.0982. The van der Waals surface area contributed by atoms with E-state index in [-0.39, 0.29) is 12.7 Å². The normalized spacial score (nSPS) is 11.7. The molecule has 1 N–H and O–H groups in total. The van der Waals surface area contributed by atoms with Crippen molar-refractivity contribution in [3.05, 3.63) is 12.4 Å². The smallest absolute Gasteiger partial charge is 0.410 e. The van der Waals surface area contributed by atoms with E-state index in [0.717, 1.165) is 5.46 Å². The first kappa shape index (κ1) is 10.3. The van der Waals surface area contributed by atoms with Gasteiger partial charge in [0.25, 0.3) is 0 Å². The molecule has 0 amide bonds. The van der Waals surface area contributed by atoms with E-state index in [4.69, 9.17) is 9.31 Å². The second-order valence-electron chi connectivity index (χ2n) is 3.83. The molecule has 0 fully saturated rings. The average Bonchev–Trinajstić information content (AvgIpc) is 2.50. The summed E-state index contributed by atoms with van der Waals surface area (Å²) in [4.78, 5) is 0. The molecule has 0 aliphatic heterocycles. The summed E-state index contributed by atoms with van der Waals surface area (Å²) in [6.07, 6.45) is 3.46. The van der Waals surface area contributed by atoms with Gasteiger partial charge >= 0.3 is 7.12 Å². The van der Waals surface area contributed by atoms with Gasteiger partial charge in [0.1, 0.15) is 0 Å². The van der Waals surface area contributed by atoms with Crippen LogP contribution in [0.2, 0.25) is 0 Å². The Balaban J connectivity index is 2.64. The van der Waals surface area contributed by atoms with E-state index >= 15 is 0 Å². The summed E-state index contributed by atoms with van der Waals surface area (Å²) in [7, 11) is 1.27. The van der Waals surface area contributed by atoms with Crippen LogP contribution in [0.25, 0.3) is 0 Å². The van der Waals surface area contributed by atoms with E-state index in [0.29, 0.717) is 0 Å². The van der Waals surface area contributed by atoms with Gasteiger partial charge in [-0.2, -0.15) is 5.10 Å². The van der Waals surface area contributed by atoms with Gasteiger partial charge in [-0.3, -0.25) is 5.10 Å². The van der Waals surface area contributed by atoms with Gasteiger partial charge in [0.05, 0.1) is 0 Å². The Morgan fingerprint density at radius 2 is 2.15 bits per heavy atom. The Morgan fingerprint density at radius 3 is 2.54 bits per heavy atom. The van der Waals surface area contributed by atoms with Gasteiger partial charge in [0, 0.05) is 30.6 Å². The topological polar surface area (TPSA) is 47.1 Å². The Kier molecular flexibility index (Phi) is 3.11. The van der Waals surface area contributed by atoms with Crippen LogP contribution in [0, 0.1) is 0 Å². The fourth-order valence-electron chi connectivity index (χ4n) is 0.963. The Labute approximate surface area is 78.8 Å². The molecule has 0 saturated heterocycles. The van der Waals surface area contributed by atoms with Gasteiger partial charge in [0.15, 0.2) is 0 Å². The average molecular weight is 182 g/mol. The van der Waals surface area contributed by atoms with Gasteiger partial charge in [-0.05, 0) is 20.8 Å². The molecule has 0 spiro atoms. The van der Waals surface area contributed by atoms with Crippen molar-refractivity contribution in [3.8, 4) is 0 Å². The molecule has 13 heavy (non-hydrogen) atoms. The van der Waals surface area contributed by atoms with Crippen LogP contribution in [0.1, 0.15) is 20.8 Å². The number of nitrogens with zero attached hydrogens (tertiary/aromatic N) is 1. The molecule has 0 unspecified atom stereocenters. The lowest BCUT2D eigenvalue weighted by Crippen LogP contribution is -2.41. The summed E-state index contributed by atoms with van der Waals surface area (Å²) in [5.41, 5.74) is 0.676. The predicted octanol–water partition coefficient (Wildman–Crippen LogP) is 0.566. The van der Waals surface area contributed by atoms with Crippen LogP contribution < -0.4 is 5.46 Å². The molecule has 1 aromatic rings. The lowest BCUT2D eigenvalue weighted by atomic mass is 9.80. The third-order valence-electron chi connectivity index (χ3n) is 1.47. The Hall–Kier alpha value is -0.805. The second-order valence-corrected chi connectivity index (χ2v) is 3.83. The minimum absolute atomic E-state index is 0.224. The van der Waals surface area contributed by atoms with Crippen LogP contribution in [0.4, 0.5) is 0 Å². The molecule has 0 aliphatic rings. The van der Waals surface area contributed by atoms with Crippen molar-refractivity contribution in [1.82, 2.24) is 10.2 Å². The first-order valence-corrected chi connectivity index (χ1v) is 4.22. The molecule has 1 aromatic heterocycles. The highest BCUT2D eigenvalue weighted by atomic mass is 16.6. The highest BCUT2D eigenvalue weighted by Crippen LogP contribution is 2.08. The summed E-state index contributed by atoms with van der Waals surface area (Å²) < 4.78 is 10.8. The second kappa shape index (κ2) is 3.94. The number of aromatic amines is 1. The fraction of sp³-hybridized carbons (Fsp3) is 0.625. The zero-order valence-electron chi connectivity index (χ0n) is 8.50. The summed E-state index contributed by atoms with van der Waals surface area (Å²) in [5.74, 6) is 0. The van der Waals surface area contributed by atoms with E-state index < -0.39 is 0 Å². The van der Waals surface area contributed by atoms with Crippen molar-refractivity contribution in [2.75, 3.05) is 7.11 Å². The van der Waals surface area contributed by atoms with Gasteiger partial charge in [-0.25, -0.2) is 0 Å². The maximum Gasteiger partial charge on any atom is 0.497 e. The van der Waals surface area contributed by atoms with Crippen molar-refractivity contribution in [2.45, 2.75) is 26.4 Å². The maximum atomic E-state index is 5.65. The van der Waals surface area contributed by atoms with Gasteiger partial charge in [0.2, 0.25) is 0 Å². The zero-order valence-corrected chi connectivity index (χ0v) is 8.50. The summed E-state index contributed by atoms with van der Waals surface area (Å²) in [5, 5.41) is 6.56. The largest absolute Gasteiger partial charge is 0.497 e. The molecule has 1 rings (SSSR count). The minimum atomic E-state index is -0.348. The van der Waals surface area contributed by atoms with E-state index in [9.17, 15) is 0 Å². The van der Waals surface area contributed by atoms with Crippen molar-refractivity contribution in [1.29, 1.82) is 0 Å². The number of H-pyrrole nitrogens is 1. The van der Waals surface area contributed by atoms with E-state index in [1.165, 1.54) is 0 Å². The van der Waals surface area contributed by atoms with Crippen LogP contribution in [-0.2, 0) is 9.31 Å². The standard InChI is InChI=1S/C8H15BN2O2/c1-8(2,3)13-9(12-4)7-5-10-11-6-7/h5-6H,1-4H3,(H,10,11). The Morgan fingerprint density at radius 1 is 1.46 bits per heavy atom. The molecule has 0 bridgehead atoms. The van der Waals surface area contributed by atoms with Crippen molar-refractivity contribution in [3.63, 3.8) is 0 Å². The molecule has 72 valence electrons. The molecule has 0 radical (unpaired) electrons. The number of rotatable bonds is 3. The number of aromatic nitrogens is 2. The van der Waals surface area contributed by atoms with Crippen LogP contribution >= 0.6 is 0 Å². The Bertz CT molecular complexity index is 243. The maximum absolute atomic E-state index is 5.65. The number of hydrogen-bond acceptors (Lipinski definition) is 3. The van der Waals surface area contributed by atoms with Crippen molar-refractivity contribution < 1.29 is 9.31 Å². The zero-order chi connectivity index (χ0) is 9.90. The van der Waals surface area contributed by atoms with Gasteiger partial charge in [-0.1, -0.05) is 0 Å². The third kappa shape index (κ3) is 3.20. The summed E-state index contributed by atoms with van der Waals surface area (Å²) in [6, 6.07) is 0. The molecule has 5 heteroatoms. The van der Waals surface area contributed by atoms with Crippen LogP contribution in [0.3, 0.4) is 0 Å².